The summed E-state index contributed by atoms with van der Waals surface area (Å²) in [4.78, 5) is 14.6. The molecular weight excluding hydrogens is 188 g/mol. The Balaban J connectivity index is 3.04. The van der Waals surface area contributed by atoms with E-state index in [9.17, 15) is 4.79 Å². The lowest BCUT2D eigenvalue weighted by molar-refractivity contribution is 0.0697. The van der Waals surface area contributed by atoms with Crippen molar-refractivity contribution in [2.45, 2.75) is 11.9 Å². The summed E-state index contributed by atoms with van der Waals surface area (Å²) in [6, 6.07) is 1.49. The van der Waals surface area contributed by atoms with Crippen LogP contribution in [0.2, 0.25) is 0 Å². The van der Waals surface area contributed by atoms with Gasteiger partial charge in [-0.25, -0.2) is 9.78 Å². The number of anilines is 1. The average molecular weight is 198 g/mol. The molecule has 0 aliphatic rings. The first-order valence-electron chi connectivity index (χ1n) is 3.76. The van der Waals surface area contributed by atoms with Crippen LogP contribution in [-0.4, -0.2) is 21.8 Å². The van der Waals surface area contributed by atoms with Crippen LogP contribution in [0.15, 0.2) is 17.3 Å². The molecule has 0 amide bonds. The summed E-state index contributed by atoms with van der Waals surface area (Å²) in [7, 11) is 0. The molecule has 4 nitrogen and oxygen atoms in total. The van der Waals surface area contributed by atoms with Crippen LogP contribution >= 0.6 is 11.8 Å². The van der Waals surface area contributed by atoms with Gasteiger partial charge in [0.15, 0.2) is 0 Å². The second-order valence-corrected chi connectivity index (χ2v) is 3.63. The molecule has 1 aromatic rings. The molecule has 0 bridgehead atoms. The predicted molar refractivity (Wildman–Crippen MR) is 52.0 cm³/mol. The fourth-order valence-corrected chi connectivity index (χ4v) is 1.48. The maximum atomic E-state index is 10.7. The van der Waals surface area contributed by atoms with E-state index in [0.717, 1.165) is 5.75 Å². The summed E-state index contributed by atoms with van der Waals surface area (Å²) >= 11 is 1.49. The number of pyridine rings is 1. The second kappa shape index (κ2) is 4.13. The molecule has 0 fully saturated rings. The van der Waals surface area contributed by atoms with Crippen molar-refractivity contribution in [2.24, 2.45) is 0 Å². The summed E-state index contributed by atoms with van der Waals surface area (Å²) in [5.74, 6) is -0.159. The van der Waals surface area contributed by atoms with Crippen LogP contribution in [-0.2, 0) is 0 Å². The highest BCUT2D eigenvalue weighted by atomic mass is 32.2. The molecule has 0 radical (unpaired) electrons. The van der Waals surface area contributed by atoms with Gasteiger partial charge in [-0.05, 0) is 11.8 Å². The van der Waals surface area contributed by atoms with E-state index >= 15 is 0 Å². The van der Waals surface area contributed by atoms with Gasteiger partial charge in [-0.15, -0.1) is 11.8 Å². The lowest BCUT2D eigenvalue weighted by Crippen LogP contribution is -2.03. The van der Waals surface area contributed by atoms with Crippen molar-refractivity contribution in [3.05, 3.63) is 17.8 Å². The van der Waals surface area contributed by atoms with E-state index in [1.807, 2.05) is 6.92 Å². The Hall–Kier alpha value is -1.23. The second-order valence-electron chi connectivity index (χ2n) is 2.35. The number of nitrogen functional groups attached to an aromatic ring is 1. The van der Waals surface area contributed by atoms with Crippen LogP contribution in [0.5, 0.6) is 0 Å². The molecule has 0 aliphatic carbocycles. The van der Waals surface area contributed by atoms with Crippen molar-refractivity contribution in [3.8, 4) is 0 Å². The first kappa shape index (κ1) is 9.85. The minimum absolute atomic E-state index is 0.117. The number of carboxylic acids is 1. The van der Waals surface area contributed by atoms with E-state index in [-0.39, 0.29) is 11.3 Å². The first-order chi connectivity index (χ1) is 6.15. The summed E-state index contributed by atoms with van der Waals surface area (Å²) in [5.41, 5.74) is 5.75. The predicted octanol–water partition coefficient (Wildman–Crippen LogP) is 1.47. The molecule has 0 saturated heterocycles. The Morgan fingerprint density at radius 1 is 1.77 bits per heavy atom. The molecule has 13 heavy (non-hydrogen) atoms. The lowest BCUT2D eigenvalue weighted by Gasteiger charge is -2.02. The van der Waals surface area contributed by atoms with Gasteiger partial charge in [0, 0.05) is 0 Å². The van der Waals surface area contributed by atoms with Crippen LogP contribution in [0.4, 0.5) is 5.69 Å². The van der Waals surface area contributed by atoms with Crippen LogP contribution in [0.3, 0.4) is 0 Å². The van der Waals surface area contributed by atoms with Gasteiger partial charge in [0.05, 0.1) is 22.5 Å². The van der Waals surface area contributed by atoms with Gasteiger partial charge in [0.1, 0.15) is 0 Å². The Kier molecular flexibility index (Phi) is 3.13. The summed E-state index contributed by atoms with van der Waals surface area (Å²) in [6.07, 6.45) is 1.38. The van der Waals surface area contributed by atoms with Crippen molar-refractivity contribution in [2.75, 3.05) is 11.5 Å². The van der Waals surface area contributed by atoms with Crippen LogP contribution in [0, 0.1) is 0 Å². The normalized spacial score (nSPS) is 9.92. The first-order valence-corrected chi connectivity index (χ1v) is 4.75. The van der Waals surface area contributed by atoms with Gasteiger partial charge < -0.3 is 10.8 Å². The summed E-state index contributed by atoms with van der Waals surface area (Å²) in [5, 5.41) is 9.43. The number of nitrogens with zero attached hydrogens (tertiary/aromatic N) is 1. The zero-order valence-corrected chi connectivity index (χ0v) is 7.97. The molecule has 0 aromatic carbocycles. The zero-order chi connectivity index (χ0) is 9.84. The Bertz CT molecular complexity index is 328. The van der Waals surface area contributed by atoms with Crippen LogP contribution in [0.1, 0.15) is 17.3 Å². The average Bonchev–Trinajstić information content (AvgIpc) is 2.08. The molecule has 0 unspecified atom stereocenters. The third-order valence-corrected chi connectivity index (χ3v) is 2.24. The largest absolute Gasteiger partial charge is 0.478 e. The van der Waals surface area contributed by atoms with Gasteiger partial charge in [0.2, 0.25) is 0 Å². The molecule has 70 valence electrons. The highest BCUT2D eigenvalue weighted by Gasteiger charge is 2.09. The number of hydrogen-bond acceptors (Lipinski definition) is 4. The van der Waals surface area contributed by atoms with Gasteiger partial charge >= 0.3 is 5.97 Å². The van der Waals surface area contributed by atoms with E-state index in [1.165, 1.54) is 24.0 Å². The fourth-order valence-electron chi connectivity index (χ4n) is 0.859. The number of rotatable bonds is 3. The molecule has 0 aliphatic heterocycles. The minimum Gasteiger partial charge on any atom is -0.478 e. The topological polar surface area (TPSA) is 76.2 Å². The third-order valence-electron chi connectivity index (χ3n) is 1.43. The van der Waals surface area contributed by atoms with Gasteiger partial charge in [-0.3, -0.25) is 0 Å². The Morgan fingerprint density at radius 3 is 3.00 bits per heavy atom. The number of aromatic carboxylic acids is 1. The standard InChI is InChI=1S/C8H10N2O2S/c1-2-13-7-3-5(8(11)12)6(9)4-10-7/h3-4H,2,9H2,1H3,(H,11,12). The Labute approximate surface area is 80.2 Å². The SMILES string of the molecule is CCSc1cc(C(=O)O)c(N)cn1. The summed E-state index contributed by atoms with van der Waals surface area (Å²) in [6.45, 7) is 1.98. The number of carbonyl (C=O) groups is 1. The zero-order valence-electron chi connectivity index (χ0n) is 7.15. The maximum absolute atomic E-state index is 10.7. The van der Waals surface area contributed by atoms with Crippen molar-refractivity contribution in [1.82, 2.24) is 4.98 Å². The molecule has 3 N–H and O–H groups in total. The molecule has 0 saturated carbocycles. The van der Waals surface area contributed by atoms with E-state index in [0.29, 0.717) is 5.03 Å². The molecule has 0 spiro atoms. The van der Waals surface area contributed by atoms with Crippen molar-refractivity contribution < 1.29 is 9.90 Å². The Morgan fingerprint density at radius 2 is 2.46 bits per heavy atom. The van der Waals surface area contributed by atoms with E-state index in [1.54, 1.807) is 0 Å². The van der Waals surface area contributed by atoms with Crippen molar-refractivity contribution >= 4 is 23.4 Å². The van der Waals surface area contributed by atoms with Crippen LogP contribution in [0.25, 0.3) is 0 Å². The number of thioether (sulfide) groups is 1. The van der Waals surface area contributed by atoms with Gasteiger partial charge in [0.25, 0.3) is 0 Å². The van der Waals surface area contributed by atoms with Gasteiger partial charge in [-0.1, -0.05) is 6.92 Å². The number of carboxylic acid groups (broad SMARTS) is 1. The lowest BCUT2D eigenvalue weighted by atomic mass is 10.2. The molecular formula is C8H10N2O2S. The number of hydrogen-bond donors (Lipinski definition) is 2. The van der Waals surface area contributed by atoms with Crippen LogP contribution < -0.4 is 5.73 Å². The highest BCUT2D eigenvalue weighted by molar-refractivity contribution is 7.99. The number of nitrogens with two attached hydrogens (primary N) is 1. The van der Waals surface area contributed by atoms with E-state index in [4.69, 9.17) is 10.8 Å². The number of aromatic nitrogens is 1. The smallest absolute Gasteiger partial charge is 0.337 e. The summed E-state index contributed by atoms with van der Waals surface area (Å²) < 4.78 is 0. The van der Waals surface area contributed by atoms with Crippen molar-refractivity contribution in [3.63, 3.8) is 0 Å². The monoisotopic (exact) mass is 198 g/mol. The maximum Gasteiger partial charge on any atom is 0.337 e. The highest BCUT2D eigenvalue weighted by Crippen LogP contribution is 2.19. The molecule has 5 heteroatoms. The molecule has 1 heterocycles. The van der Waals surface area contributed by atoms with Crippen molar-refractivity contribution in [1.29, 1.82) is 0 Å². The third kappa shape index (κ3) is 2.35. The molecule has 0 atom stereocenters. The fraction of sp³-hybridized carbons (Fsp3) is 0.250. The molecule has 1 aromatic heterocycles. The quantitative estimate of drug-likeness (QED) is 0.719. The molecule has 1 rings (SSSR count). The van der Waals surface area contributed by atoms with E-state index < -0.39 is 5.97 Å². The minimum atomic E-state index is -1.02. The van der Waals surface area contributed by atoms with E-state index in [2.05, 4.69) is 4.98 Å². The van der Waals surface area contributed by atoms with Gasteiger partial charge in [-0.2, -0.15) is 0 Å².